The van der Waals surface area contributed by atoms with Crippen LogP contribution in [0.5, 0.6) is 0 Å². The molecular formula is C11H11N5O. The van der Waals surface area contributed by atoms with E-state index in [4.69, 9.17) is 15.5 Å². The van der Waals surface area contributed by atoms with Crippen molar-refractivity contribution < 1.29 is 4.52 Å². The monoisotopic (exact) mass is 229 g/mol. The summed E-state index contributed by atoms with van der Waals surface area (Å²) in [4.78, 5) is 8.22. The SMILES string of the molecule is CCC(N)c1noc(-c2ccc(C#N)cn2)n1. The third-order valence-electron chi connectivity index (χ3n) is 2.32. The Kier molecular flexibility index (Phi) is 3.12. The number of pyridine rings is 1. The molecule has 0 aromatic carbocycles. The Hall–Kier alpha value is -2.26. The summed E-state index contributed by atoms with van der Waals surface area (Å²) in [7, 11) is 0. The highest BCUT2D eigenvalue weighted by atomic mass is 16.5. The molecule has 0 aliphatic carbocycles. The van der Waals surface area contributed by atoms with Gasteiger partial charge in [0.25, 0.3) is 5.89 Å². The van der Waals surface area contributed by atoms with E-state index in [0.717, 1.165) is 6.42 Å². The molecule has 0 aliphatic heterocycles. The van der Waals surface area contributed by atoms with Crippen LogP contribution in [0.15, 0.2) is 22.9 Å². The van der Waals surface area contributed by atoms with E-state index in [2.05, 4.69) is 15.1 Å². The standard InChI is InChI=1S/C11H11N5O/c1-2-8(13)10-15-11(17-16-10)9-4-3-7(5-12)6-14-9/h3-4,6,8H,2,13H2,1H3. The van der Waals surface area contributed by atoms with Crippen LogP contribution >= 0.6 is 0 Å². The number of nitrogens with zero attached hydrogens (tertiary/aromatic N) is 4. The average Bonchev–Trinajstić information content (AvgIpc) is 2.87. The zero-order valence-corrected chi connectivity index (χ0v) is 9.29. The highest BCUT2D eigenvalue weighted by Gasteiger charge is 2.14. The predicted molar refractivity (Wildman–Crippen MR) is 59.5 cm³/mol. The Morgan fingerprint density at radius 3 is 2.94 bits per heavy atom. The quantitative estimate of drug-likeness (QED) is 0.853. The largest absolute Gasteiger partial charge is 0.332 e. The summed E-state index contributed by atoms with van der Waals surface area (Å²) in [5.41, 5.74) is 6.80. The molecule has 6 heteroatoms. The fraction of sp³-hybridized carbons (Fsp3) is 0.273. The van der Waals surface area contributed by atoms with Crippen LogP contribution in [-0.4, -0.2) is 15.1 Å². The molecule has 0 radical (unpaired) electrons. The molecule has 1 unspecified atom stereocenters. The second-order valence-corrected chi connectivity index (χ2v) is 3.52. The van der Waals surface area contributed by atoms with Crippen molar-refractivity contribution >= 4 is 0 Å². The fourth-order valence-electron chi connectivity index (χ4n) is 1.26. The summed E-state index contributed by atoms with van der Waals surface area (Å²) in [5, 5.41) is 12.4. The summed E-state index contributed by atoms with van der Waals surface area (Å²) in [6.45, 7) is 1.95. The van der Waals surface area contributed by atoms with Gasteiger partial charge in [0.15, 0.2) is 5.82 Å². The summed E-state index contributed by atoms with van der Waals surface area (Å²) < 4.78 is 5.06. The Morgan fingerprint density at radius 2 is 2.35 bits per heavy atom. The molecule has 0 bridgehead atoms. The third kappa shape index (κ3) is 2.29. The van der Waals surface area contributed by atoms with E-state index in [1.165, 1.54) is 6.20 Å². The minimum atomic E-state index is -0.231. The van der Waals surface area contributed by atoms with Crippen LogP contribution in [-0.2, 0) is 0 Å². The van der Waals surface area contributed by atoms with Gasteiger partial charge in [-0.3, -0.25) is 0 Å². The molecule has 2 aromatic rings. The van der Waals surface area contributed by atoms with E-state index >= 15 is 0 Å². The van der Waals surface area contributed by atoms with Gasteiger partial charge in [0, 0.05) is 6.20 Å². The Bertz CT molecular complexity index is 540. The lowest BCUT2D eigenvalue weighted by molar-refractivity contribution is 0.414. The van der Waals surface area contributed by atoms with Gasteiger partial charge in [-0.15, -0.1) is 0 Å². The van der Waals surface area contributed by atoms with E-state index in [0.29, 0.717) is 23.0 Å². The molecule has 2 N–H and O–H groups in total. The van der Waals surface area contributed by atoms with Crippen LogP contribution in [0.2, 0.25) is 0 Å². The van der Waals surface area contributed by atoms with Crippen LogP contribution in [0, 0.1) is 11.3 Å². The van der Waals surface area contributed by atoms with Crippen molar-refractivity contribution in [2.24, 2.45) is 5.73 Å². The molecule has 0 saturated carbocycles. The lowest BCUT2D eigenvalue weighted by atomic mass is 10.2. The van der Waals surface area contributed by atoms with Crippen molar-refractivity contribution in [3.05, 3.63) is 29.7 Å². The predicted octanol–water partition coefficient (Wildman–Crippen LogP) is 1.41. The van der Waals surface area contributed by atoms with Crippen molar-refractivity contribution in [2.75, 3.05) is 0 Å². The Morgan fingerprint density at radius 1 is 1.53 bits per heavy atom. The number of hydrogen-bond donors (Lipinski definition) is 1. The first kappa shape index (κ1) is 11.2. The summed E-state index contributed by atoms with van der Waals surface area (Å²) in [5.74, 6) is 0.780. The molecule has 86 valence electrons. The number of aromatic nitrogens is 3. The molecule has 0 aliphatic rings. The van der Waals surface area contributed by atoms with Crippen LogP contribution in [0.3, 0.4) is 0 Å². The van der Waals surface area contributed by atoms with Gasteiger partial charge in [-0.05, 0) is 18.6 Å². The molecule has 2 aromatic heterocycles. The molecular weight excluding hydrogens is 218 g/mol. The van der Waals surface area contributed by atoms with Gasteiger partial charge in [-0.2, -0.15) is 10.2 Å². The number of nitriles is 1. The van der Waals surface area contributed by atoms with Crippen molar-refractivity contribution in [1.82, 2.24) is 15.1 Å². The van der Waals surface area contributed by atoms with Crippen molar-refractivity contribution in [3.8, 4) is 17.7 Å². The number of nitrogens with two attached hydrogens (primary N) is 1. The lowest BCUT2D eigenvalue weighted by Crippen LogP contribution is -2.10. The zero-order valence-electron chi connectivity index (χ0n) is 9.29. The van der Waals surface area contributed by atoms with Crippen LogP contribution in [0.1, 0.15) is 30.8 Å². The first-order chi connectivity index (χ1) is 8.24. The topological polar surface area (TPSA) is 102 Å². The minimum Gasteiger partial charge on any atom is -0.332 e. The van der Waals surface area contributed by atoms with Crippen LogP contribution < -0.4 is 5.73 Å². The van der Waals surface area contributed by atoms with Gasteiger partial charge in [0.05, 0.1) is 11.6 Å². The molecule has 0 spiro atoms. The highest BCUT2D eigenvalue weighted by Crippen LogP contribution is 2.17. The first-order valence-electron chi connectivity index (χ1n) is 5.20. The maximum atomic E-state index is 8.65. The van der Waals surface area contributed by atoms with Gasteiger partial charge in [0.2, 0.25) is 0 Å². The maximum Gasteiger partial charge on any atom is 0.276 e. The number of hydrogen-bond acceptors (Lipinski definition) is 6. The second kappa shape index (κ2) is 4.72. The van der Waals surface area contributed by atoms with Gasteiger partial charge in [-0.1, -0.05) is 12.1 Å². The molecule has 1 atom stereocenters. The fourth-order valence-corrected chi connectivity index (χ4v) is 1.26. The van der Waals surface area contributed by atoms with Crippen LogP contribution in [0.25, 0.3) is 11.6 Å². The summed E-state index contributed by atoms with van der Waals surface area (Å²) in [6.07, 6.45) is 2.19. The van der Waals surface area contributed by atoms with E-state index < -0.39 is 0 Å². The molecule has 0 saturated heterocycles. The van der Waals surface area contributed by atoms with Gasteiger partial charge >= 0.3 is 0 Å². The Balaban J connectivity index is 2.28. The maximum absolute atomic E-state index is 8.65. The van der Waals surface area contributed by atoms with Crippen molar-refractivity contribution in [1.29, 1.82) is 5.26 Å². The van der Waals surface area contributed by atoms with Crippen molar-refractivity contribution in [3.63, 3.8) is 0 Å². The summed E-state index contributed by atoms with van der Waals surface area (Å²) in [6, 6.07) is 5.06. The van der Waals surface area contributed by atoms with Gasteiger partial charge < -0.3 is 10.3 Å². The third-order valence-corrected chi connectivity index (χ3v) is 2.32. The average molecular weight is 229 g/mol. The second-order valence-electron chi connectivity index (χ2n) is 3.52. The zero-order chi connectivity index (χ0) is 12.3. The van der Waals surface area contributed by atoms with E-state index in [1.807, 2.05) is 13.0 Å². The van der Waals surface area contributed by atoms with Crippen LogP contribution in [0.4, 0.5) is 0 Å². The molecule has 17 heavy (non-hydrogen) atoms. The Labute approximate surface area is 98.1 Å². The normalized spacial score (nSPS) is 12.1. The number of rotatable bonds is 3. The molecule has 2 rings (SSSR count). The van der Waals surface area contributed by atoms with E-state index in [-0.39, 0.29) is 6.04 Å². The summed E-state index contributed by atoms with van der Waals surface area (Å²) >= 11 is 0. The molecule has 0 amide bonds. The molecule has 0 fully saturated rings. The van der Waals surface area contributed by atoms with Gasteiger partial charge in [0.1, 0.15) is 11.8 Å². The molecule has 6 nitrogen and oxygen atoms in total. The smallest absolute Gasteiger partial charge is 0.276 e. The first-order valence-corrected chi connectivity index (χ1v) is 5.20. The lowest BCUT2D eigenvalue weighted by Gasteiger charge is -1.99. The van der Waals surface area contributed by atoms with E-state index in [9.17, 15) is 0 Å². The van der Waals surface area contributed by atoms with Gasteiger partial charge in [-0.25, -0.2) is 4.98 Å². The molecule has 2 heterocycles. The van der Waals surface area contributed by atoms with E-state index in [1.54, 1.807) is 12.1 Å². The highest BCUT2D eigenvalue weighted by molar-refractivity contribution is 5.47. The van der Waals surface area contributed by atoms with Crippen molar-refractivity contribution in [2.45, 2.75) is 19.4 Å². The minimum absolute atomic E-state index is 0.231.